The van der Waals surface area contributed by atoms with E-state index >= 15 is 0 Å². The Labute approximate surface area is 177 Å². The number of nitrogens with zero attached hydrogens (tertiary/aromatic N) is 3. The van der Waals surface area contributed by atoms with Crippen molar-refractivity contribution in [3.05, 3.63) is 71.7 Å². The molecule has 0 unspecified atom stereocenters. The average molecular weight is 402 g/mol. The molecule has 0 N–H and O–H groups in total. The van der Waals surface area contributed by atoms with Crippen molar-refractivity contribution in [3.8, 4) is 0 Å². The van der Waals surface area contributed by atoms with Crippen molar-refractivity contribution < 1.29 is 9.53 Å². The maximum atomic E-state index is 11.7. The van der Waals surface area contributed by atoms with Gasteiger partial charge in [-0.1, -0.05) is 38.1 Å². The standard InChI is InChI=1S/C25H27N3O2/c1-4-30-23(29)12-8-16-28-15-7-10-20-24(28)27-22(25(20,2)3)17-18-13-14-26-21-11-6-5-9-19(18)21/h5-7,9-11,13-15,17H,4,8,12,16H2,1-3H3. The number of hydrogen-bond donors (Lipinski definition) is 0. The van der Waals surface area contributed by atoms with Crippen LogP contribution in [0.5, 0.6) is 0 Å². The molecular weight excluding hydrogens is 374 g/mol. The van der Waals surface area contributed by atoms with Crippen LogP contribution in [-0.4, -0.2) is 34.8 Å². The van der Waals surface area contributed by atoms with Gasteiger partial charge in [-0.25, -0.2) is 4.99 Å². The number of carbonyl (C=O) groups excluding carboxylic acids is 1. The lowest BCUT2D eigenvalue weighted by molar-refractivity contribution is -0.143. The van der Waals surface area contributed by atoms with Crippen molar-refractivity contribution in [2.45, 2.75) is 33.6 Å². The van der Waals surface area contributed by atoms with Gasteiger partial charge in [-0.3, -0.25) is 9.78 Å². The van der Waals surface area contributed by atoms with E-state index in [2.05, 4.69) is 48.0 Å². The van der Waals surface area contributed by atoms with Crippen LogP contribution in [0.1, 0.15) is 39.2 Å². The number of benzene rings is 1. The molecule has 0 spiro atoms. The Kier molecular flexibility index (Phi) is 5.53. The van der Waals surface area contributed by atoms with Crippen molar-refractivity contribution in [2.24, 2.45) is 10.4 Å². The zero-order valence-corrected chi connectivity index (χ0v) is 17.8. The molecule has 5 heteroatoms. The van der Waals surface area contributed by atoms with E-state index in [0.29, 0.717) is 13.0 Å². The molecule has 1 aromatic carbocycles. The number of esters is 1. The Bertz CT molecular complexity index is 1090. The molecule has 0 bridgehead atoms. The second-order valence-corrected chi connectivity index (χ2v) is 8.03. The van der Waals surface area contributed by atoms with Gasteiger partial charge in [-0.2, -0.15) is 0 Å². The van der Waals surface area contributed by atoms with Crippen molar-refractivity contribution in [1.82, 2.24) is 9.88 Å². The normalized spacial score (nSPS) is 18.4. The van der Waals surface area contributed by atoms with Crippen LogP contribution in [0.15, 0.2) is 71.1 Å². The number of fused-ring (bicyclic) bond motifs is 2. The van der Waals surface area contributed by atoms with Gasteiger partial charge in [0, 0.05) is 41.7 Å². The molecule has 0 saturated carbocycles. The largest absolute Gasteiger partial charge is 0.466 e. The summed E-state index contributed by atoms with van der Waals surface area (Å²) in [6.07, 6.45) is 11.4. The monoisotopic (exact) mass is 401 g/mol. The highest BCUT2D eigenvalue weighted by Gasteiger charge is 2.39. The van der Waals surface area contributed by atoms with Crippen LogP contribution < -0.4 is 0 Å². The third-order valence-corrected chi connectivity index (χ3v) is 5.64. The Morgan fingerprint density at radius 2 is 2.07 bits per heavy atom. The molecule has 0 radical (unpaired) electrons. The molecule has 0 fully saturated rings. The fourth-order valence-corrected chi connectivity index (χ4v) is 3.96. The van der Waals surface area contributed by atoms with E-state index in [1.807, 2.05) is 43.6 Å². The molecule has 0 aliphatic carbocycles. The van der Waals surface area contributed by atoms with Crippen LogP contribution in [0.4, 0.5) is 0 Å². The lowest BCUT2D eigenvalue weighted by Crippen LogP contribution is -2.31. The second-order valence-electron chi connectivity index (χ2n) is 8.03. The smallest absolute Gasteiger partial charge is 0.305 e. The van der Waals surface area contributed by atoms with Gasteiger partial charge in [0.1, 0.15) is 5.84 Å². The zero-order chi connectivity index (χ0) is 21.1. The summed E-state index contributed by atoms with van der Waals surface area (Å²) >= 11 is 0. The van der Waals surface area contributed by atoms with E-state index in [0.717, 1.165) is 41.0 Å². The van der Waals surface area contributed by atoms with Crippen molar-refractivity contribution in [3.63, 3.8) is 0 Å². The van der Waals surface area contributed by atoms with Gasteiger partial charge < -0.3 is 9.64 Å². The fraction of sp³-hybridized carbons (Fsp3) is 0.320. The van der Waals surface area contributed by atoms with Crippen LogP contribution in [0.2, 0.25) is 0 Å². The summed E-state index contributed by atoms with van der Waals surface area (Å²) in [6, 6.07) is 10.2. The first-order valence-electron chi connectivity index (χ1n) is 10.5. The van der Waals surface area contributed by atoms with E-state index in [4.69, 9.17) is 9.73 Å². The number of amidine groups is 1. The molecule has 0 amide bonds. The molecule has 1 aromatic heterocycles. The van der Waals surface area contributed by atoms with Crippen LogP contribution in [0, 0.1) is 5.41 Å². The van der Waals surface area contributed by atoms with Crippen LogP contribution in [0.25, 0.3) is 17.0 Å². The molecule has 154 valence electrons. The molecule has 5 nitrogen and oxygen atoms in total. The first kappa shape index (κ1) is 20.1. The first-order valence-corrected chi connectivity index (χ1v) is 10.5. The number of carbonyl (C=O) groups is 1. The number of ether oxygens (including phenoxy) is 1. The third-order valence-electron chi connectivity index (χ3n) is 5.64. The number of rotatable bonds is 6. The van der Waals surface area contributed by atoms with Gasteiger partial charge in [0.25, 0.3) is 0 Å². The van der Waals surface area contributed by atoms with Crippen molar-refractivity contribution in [1.29, 1.82) is 0 Å². The zero-order valence-electron chi connectivity index (χ0n) is 17.8. The minimum absolute atomic E-state index is 0.145. The predicted molar refractivity (Wildman–Crippen MR) is 121 cm³/mol. The Balaban J connectivity index is 1.62. The predicted octanol–water partition coefficient (Wildman–Crippen LogP) is 5.11. The Morgan fingerprint density at radius 3 is 2.90 bits per heavy atom. The second kappa shape index (κ2) is 8.27. The van der Waals surface area contributed by atoms with E-state index in [1.165, 1.54) is 5.57 Å². The highest BCUT2D eigenvalue weighted by Crippen LogP contribution is 2.45. The maximum Gasteiger partial charge on any atom is 0.305 e. The van der Waals surface area contributed by atoms with Gasteiger partial charge in [0.2, 0.25) is 0 Å². The number of allylic oxidation sites excluding steroid dienone is 3. The van der Waals surface area contributed by atoms with Crippen molar-refractivity contribution in [2.75, 3.05) is 13.2 Å². The van der Waals surface area contributed by atoms with Gasteiger partial charge in [-0.15, -0.1) is 0 Å². The average Bonchev–Trinajstić information content (AvgIpc) is 2.99. The SMILES string of the molecule is CCOC(=O)CCCN1C=CC=C2C1=NC(=Cc1ccnc3ccccc13)C2(C)C. The molecule has 2 aliphatic rings. The molecule has 0 atom stereocenters. The Morgan fingerprint density at radius 1 is 1.23 bits per heavy atom. The summed E-state index contributed by atoms with van der Waals surface area (Å²) < 4.78 is 5.04. The van der Waals surface area contributed by atoms with Crippen LogP contribution in [-0.2, 0) is 9.53 Å². The molecule has 3 heterocycles. The summed E-state index contributed by atoms with van der Waals surface area (Å²) in [7, 11) is 0. The number of pyridine rings is 1. The summed E-state index contributed by atoms with van der Waals surface area (Å²) in [5, 5.41) is 1.12. The third kappa shape index (κ3) is 3.80. The fourth-order valence-electron chi connectivity index (χ4n) is 3.96. The minimum Gasteiger partial charge on any atom is -0.466 e. The van der Waals surface area contributed by atoms with Gasteiger partial charge in [0.15, 0.2) is 0 Å². The molecule has 4 rings (SSSR count). The van der Waals surface area contributed by atoms with Crippen molar-refractivity contribution >= 4 is 28.8 Å². The van der Waals surface area contributed by atoms with E-state index < -0.39 is 0 Å². The van der Waals surface area contributed by atoms with Gasteiger partial charge >= 0.3 is 5.97 Å². The Hall–Kier alpha value is -3.21. The van der Waals surface area contributed by atoms with E-state index in [1.54, 1.807) is 0 Å². The van der Waals surface area contributed by atoms with Gasteiger partial charge in [0.05, 0.1) is 17.8 Å². The lowest BCUT2D eigenvalue weighted by Gasteiger charge is -2.28. The number of hydrogen-bond acceptors (Lipinski definition) is 5. The topological polar surface area (TPSA) is 54.8 Å². The quantitative estimate of drug-likeness (QED) is 0.631. The van der Waals surface area contributed by atoms with Gasteiger partial charge in [-0.05, 0) is 43.2 Å². The van der Waals surface area contributed by atoms with Crippen LogP contribution in [0.3, 0.4) is 0 Å². The summed E-state index contributed by atoms with van der Waals surface area (Å²) in [4.78, 5) is 23.3. The number of aromatic nitrogens is 1. The van der Waals surface area contributed by atoms with E-state index in [-0.39, 0.29) is 11.4 Å². The number of aliphatic imine (C=N–C) groups is 1. The van der Waals surface area contributed by atoms with Crippen LogP contribution >= 0.6 is 0 Å². The molecular formula is C25H27N3O2. The lowest BCUT2D eigenvalue weighted by atomic mass is 9.81. The summed E-state index contributed by atoms with van der Waals surface area (Å²) in [5.74, 6) is 0.823. The summed E-state index contributed by atoms with van der Waals surface area (Å²) in [5.41, 5.74) is 4.12. The molecule has 0 saturated heterocycles. The highest BCUT2D eigenvalue weighted by molar-refractivity contribution is 6.06. The van der Waals surface area contributed by atoms with E-state index in [9.17, 15) is 4.79 Å². The molecule has 2 aromatic rings. The highest BCUT2D eigenvalue weighted by atomic mass is 16.5. The number of para-hydroxylation sites is 1. The maximum absolute atomic E-state index is 11.7. The minimum atomic E-state index is -0.205. The molecule has 2 aliphatic heterocycles. The summed E-state index contributed by atoms with van der Waals surface area (Å²) in [6.45, 7) is 7.40. The molecule has 30 heavy (non-hydrogen) atoms. The first-order chi connectivity index (χ1) is 14.5.